The molecule has 0 saturated carbocycles. The highest BCUT2D eigenvalue weighted by Gasteiger charge is 2.40. The van der Waals surface area contributed by atoms with Crippen molar-refractivity contribution in [2.75, 3.05) is 79.7 Å². The highest BCUT2D eigenvalue weighted by Crippen LogP contribution is 2.49. The first-order valence-electron chi connectivity index (χ1n) is 44.6. The molecule has 5 aromatic carbocycles. The van der Waals surface area contributed by atoms with Crippen molar-refractivity contribution < 1.29 is 82.8 Å². The van der Waals surface area contributed by atoms with Crippen LogP contribution in [0.25, 0.3) is 0 Å². The maximum Gasteiger partial charge on any atom is 0.328 e. The summed E-state index contributed by atoms with van der Waals surface area (Å²) in [7, 11) is 17.0. The third-order valence-electron chi connectivity index (χ3n) is 22.5. The fourth-order valence-corrected chi connectivity index (χ4v) is 30.1. The topological polar surface area (TPSA) is 432 Å². The number of aryl methyl sites for hydroxylation is 2. The summed E-state index contributed by atoms with van der Waals surface area (Å²) < 4.78 is 15.6. The Morgan fingerprint density at radius 2 is 0.707 bits per heavy atom. The number of hydrogen-bond donors (Lipinski definition) is 5. The van der Waals surface area contributed by atoms with E-state index in [-0.39, 0.29) is 49.2 Å². The molecule has 0 spiro atoms. The first-order valence-corrected chi connectivity index (χ1v) is 58.4. The van der Waals surface area contributed by atoms with E-state index in [1.54, 1.807) is 105 Å². The number of likely N-dealkylation sites (tertiary alicyclic amines) is 5. The summed E-state index contributed by atoms with van der Waals surface area (Å²) in [5, 5.41) is 90.3. The second kappa shape index (κ2) is 60.3. The number of rotatable bonds is 34. The van der Waals surface area contributed by atoms with Crippen molar-refractivity contribution in [2.24, 2.45) is 0 Å². The molecule has 7 unspecified atom stereocenters. The van der Waals surface area contributed by atoms with Crippen LogP contribution in [0, 0.1) is 34.1 Å². The molecule has 15 rings (SSSR count). The van der Waals surface area contributed by atoms with Gasteiger partial charge in [0, 0.05) is 191 Å². The molecule has 776 valence electrons. The first kappa shape index (κ1) is 118. The number of furan rings is 1. The number of carboxylic acids is 5. The molecule has 5 aromatic heterocycles. The Morgan fingerprint density at radius 3 is 1.00 bits per heavy atom. The number of piperidine rings is 5. The number of esters is 2. The quantitative estimate of drug-likeness (QED) is 0.00822. The van der Waals surface area contributed by atoms with E-state index in [1.807, 2.05) is 103 Å². The third kappa shape index (κ3) is 37.5. The summed E-state index contributed by atoms with van der Waals surface area (Å²) in [5.74, 6) is -4.11. The van der Waals surface area contributed by atoms with Gasteiger partial charge < -0.3 is 39.4 Å². The number of halogens is 7. The number of carbonyl (C=O) groups excluding carboxylic acids is 2. The van der Waals surface area contributed by atoms with Gasteiger partial charge in [0.15, 0.2) is 20.4 Å². The first-order chi connectivity index (χ1) is 70.6. The van der Waals surface area contributed by atoms with E-state index in [9.17, 15) is 79.3 Å². The van der Waals surface area contributed by atoms with Crippen molar-refractivity contribution in [3.8, 4) is 0 Å². The van der Waals surface area contributed by atoms with Gasteiger partial charge in [-0.2, -0.15) is 0 Å². The molecule has 0 bridgehead atoms. The van der Waals surface area contributed by atoms with Crippen molar-refractivity contribution in [1.29, 1.82) is 0 Å². The van der Waals surface area contributed by atoms with Gasteiger partial charge in [0.1, 0.15) is 33.7 Å². The molecule has 0 aliphatic carbocycles. The maximum atomic E-state index is 12.6. The Kier molecular flexibility index (Phi) is 48.5. The molecule has 0 radical (unpaired) electrons. The van der Waals surface area contributed by atoms with Gasteiger partial charge in [-0.25, -0.2) is 43.5 Å². The van der Waals surface area contributed by atoms with E-state index in [0.29, 0.717) is 123 Å². The van der Waals surface area contributed by atoms with Crippen LogP contribution < -0.4 is 0 Å². The average molecular weight is 2330 g/mol. The zero-order valence-electron chi connectivity index (χ0n) is 78.5. The van der Waals surface area contributed by atoms with Gasteiger partial charge >= 0.3 is 53.2 Å². The molecule has 10 heterocycles. The maximum absolute atomic E-state index is 12.6. The Labute approximate surface area is 921 Å². The third-order valence-corrected chi connectivity index (χ3v) is 38.7. The van der Waals surface area contributed by atoms with Crippen LogP contribution in [0.2, 0.25) is 35.4 Å². The Bertz CT molecular complexity index is 6440. The number of carbonyl (C=O) groups is 7. The smallest absolute Gasteiger partial charge is 0.328 e. The summed E-state index contributed by atoms with van der Waals surface area (Å²) in [6, 6.07) is 50.4. The Morgan fingerprint density at radius 1 is 0.401 bits per heavy atom. The van der Waals surface area contributed by atoms with Gasteiger partial charge in [-0.1, -0.05) is 237 Å². The minimum Gasteiger partial charge on any atom is -0.478 e. The second-order valence-corrected chi connectivity index (χ2v) is 47.5. The van der Waals surface area contributed by atoms with Crippen molar-refractivity contribution in [2.45, 2.75) is 129 Å². The van der Waals surface area contributed by atoms with E-state index in [4.69, 9.17) is 95.1 Å². The van der Waals surface area contributed by atoms with Gasteiger partial charge in [-0.3, -0.25) is 44.7 Å². The van der Waals surface area contributed by atoms with Gasteiger partial charge in [0.25, 0.3) is 0 Å². The van der Waals surface area contributed by atoms with Gasteiger partial charge in [-0.05, 0) is 218 Å². The number of aromatic nitrogens is 6. The summed E-state index contributed by atoms with van der Waals surface area (Å²) in [6.45, 7) is 11.7. The lowest BCUT2D eigenvalue weighted by Gasteiger charge is -2.37. The molecule has 5 aliphatic rings. The van der Waals surface area contributed by atoms with E-state index < -0.39 is 63.7 Å². The van der Waals surface area contributed by atoms with E-state index in [2.05, 4.69) is 45.1 Å². The van der Waals surface area contributed by atoms with Crippen molar-refractivity contribution in [1.82, 2.24) is 54.9 Å². The van der Waals surface area contributed by atoms with Gasteiger partial charge in [-0.15, -0.1) is 20.4 Å². The fourth-order valence-electron chi connectivity index (χ4n) is 15.7. The number of pyridine rings is 2. The van der Waals surface area contributed by atoms with E-state index in [0.717, 1.165) is 127 Å². The van der Waals surface area contributed by atoms with Crippen LogP contribution in [0.15, 0.2) is 276 Å². The largest absolute Gasteiger partial charge is 0.478 e. The SMILES string of the molecule is COC(=O)C(c1ccccc1Cl)N1CCC(SSc2ccc(Cl)nn2)/C(=C\C(=O)O)C1.COC(=O)C(c1ccccc1Cl)N1CCC(SSc2ncccc2[N+](=O)[O-])/C(=C\C(=O)O)C1.Cc1cc(SSC2CCN(Cc3ccccc3Cl)C/C2=C/C(=O)O)c(C)o1.O=C(O)/C=C1/CN(Cc2ccccc2Cl)CCC1SSc1ccc(Cl)nn1.O=C(O)/C=C1/CN(Cc2ccccc2Cl)CCC1SSc1ncccc1[N+](=O)[O-]. The number of aliphatic carboxylic acids is 5. The summed E-state index contributed by atoms with van der Waals surface area (Å²) in [4.78, 5) is 123. The van der Waals surface area contributed by atoms with Gasteiger partial charge in [0.2, 0.25) is 0 Å². The van der Waals surface area contributed by atoms with E-state index >= 15 is 0 Å². The monoisotopic (exact) mass is 2320 g/mol. The molecule has 49 heteroatoms. The van der Waals surface area contributed by atoms with E-state index in [1.165, 1.54) is 140 Å². The Hall–Kier alpha value is -9.04. The van der Waals surface area contributed by atoms with Crippen LogP contribution in [0.5, 0.6) is 0 Å². The zero-order valence-corrected chi connectivity index (χ0v) is 92.0. The number of benzene rings is 5. The summed E-state index contributed by atoms with van der Waals surface area (Å²) in [6.07, 6.45) is 12.9. The summed E-state index contributed by atoms with van der Waals surface area (Å²) >= 11 is 43.0. The second-order valence-electron chi connectivity index (χ2n) is 32.6. The molecular formula is C98H96Cl7N13O19S10. The highest BCUT2D eigenvalue weighted by atomic mass is 35.5. The Balaban J connectivity index is 0.000000175. The predicted molar refractivity (Wildman–Crippen MR) is 588 cm³/mol. The molecule has 10 aromatic rings. The van der Waals surface area contributed by atoms with Crippen molar-refractivity contribution in [3.05, 3.63) is 342 Å². The van der Waals surface area contributed by atoms with Crippen LogP contribution in [-0.2, 0) is 62.7 Å². The van der Waals surface area contributed by atoms with Crippen molar-refractivity contribution in [3.63, 3.8) is 0 Å². The lowest BCUT2D eigenvalue weighted by atomic mass is 9.98. The minimum atomic E-state index is -1.11. The number of carboxylic acid groups (broad SMARTS) is 5. The van der Waals surface area contributed by atoms with Crippen LogP contribution >= 0.6 is 189 Å². The number of methoxy groups -OCH3 is 2. The standard InChI is InChI=1S/C21H20ClN3O6S2.C20H19Cl2N3O4S2.C20H22ClNO3S2.C19H18ClN3O4S2.C18H17Cl2N3O2S2/c1-31-21(28)19(14-5-2-3-6-15(14)22)24-10-8-17(13(12-24)11-18(26)27)32-33-20-16(25(29)30)7-4-9-23-20;1-29-20(28)19(13-4-2-3-5-14(13)21)25-9-8-15(12(11-25)10-18(26)27)30-31-17-7-6-16(22)23-24-17;1-13-9-19(14(2)25-13)27-26-18-7-8-22(12-16(18)10-20(23)24)11-15-5-3-4-6-17(15)21;20-15-5-2-1-4-13(15)11-22-9-7-17(14(12-22)10-18(24)25)28-29-19-16(23(26)27)6-3-8-21-19;19-14-4-2-1-3-12(14)10-23-8-7-15(13(11-23)9-18(24)25)26-27-17-6-5-16(20)21-22-17/h2-7,9,11,17,19H,8,10,12H2,1H3,(H,26,27);2-7,10,15,19H,8-9,11H2,1H3,(H,26,27);3-6,9-10,18H,7-8,11-12H2,1-2H3,(H,23,24);1-6,8,10,17H,7,9,11-12H2,(H,24,25);1-6,9,15H,7-8,10-11H2,(H,24,25)/b13-11-;12-10-;16-10-;14-10-;13-9-. The van der Waals surface area contributed by atoms with Gasteiger partial charge in [0.05, 0.1) is 29.0 Å². The molecule has 147 heavy (non-hydrogen) atoms. The van der Waals surface area contributed by atoms with Crippen molar-refractivity contribution >= 4 is 242 Å². The highest BCUT2D eigenvalue weighted by molar-refractivity contribution is 8.78. The predicted octanol–water partition coefficient (Wildman–Crippen LogP) is 24.0. The molecular weight excluding hydrogens is 2230 g/mol. The number of nitrogens with zero attached hydrogens (tertiary/aromatic N) is 13. The van der Waals surface area contributed by atoms with Crippen LogP contribution in [0.1, 0.15) is 83.5 Å². The molecule has 5 N–H and O–H groups in total. The van der Waals surface area contributed by atoms with Crippen LogP contribution in [0.3, 0.4) is 0 Å². The fraction of sp³-hybridized carbons (Fsp3) is 0.296. The average Bonchev–Trinajstić information content (AvgIpc) is 1.76. The number of nitro groups is 2. The molecule has 7 atom stereocenters. The minimum absolute atomic E-state index is 0.0510. The number of ether oxygens (including phenoxy) is 2. The normalized spacial score (nSPS) is 19.0. The molecule has 0 amide bonds. The molecule has 5 aliphatic heterocycles. The lowest BCUT2D eigenvalue weighted by molar-refractivity contribution is -0.388. The number of hydrogen-bond acceptors (Lipinski definition) is 35. The zero-order chi connectivity index (χ0) is 106. The molecule has 32 nitrogen and oxygen atoms in total. The molecule has 5 fully saturated rings. The van der Waals surface area contributed by atoms with Crippen LogP contribution in [0.4, 0.5) is 11.4 Å². The summed E-state index contributed by atoms with van der Waals surface area (Å²) in [5.41, 5.74) is 8.02. The molecule has 5 saturated heterocycles. The lowest BCUT2D eigenvalue weighted by Crippen LogP contribution is -2.42. The van der Waals surface area contributed by atoms with Crippen LogP contribution in [-0.4, -0.2) is 238 Å².